The van der Waals surface area contributed by atoms with Gasteiger partial charge in [-0.15, -0.1) is 0 Å². The summed E-state index contributed by atoms with van der Waals surface area (Å²) in [5.74, 6) is 0.692. The van der Waals surface area contributed by atoms with E-state index in [9.17, 15) is 9.59 Å². The van der Waals surface area contributed by atoms with Crippen molar-refractivity contribution in [2.75, 3.05) is 14.2 Å². The van der Waals surface area contributed by atoms with Crippen molar-refractivity contribution < 1.29 is 19.1 Å². The van der Waals surface area contributed by atoms with Crippen molar-refractivity contribution in [3.05, 3.63) is 46.2 Å². The van der Waals surface area contributed by atoms with Crippen molar-refractivity contribution in [2.45, 2.75) is 12.8 Å². The second-order valence-electron chi connectivity index (χ2n) is 5.33. The minimum atomic E-state index is -0.388. The first kappa shape index (κ1) is 18.9. The maximum Gasteiger partial charge on any atom is 0.286 e. The maximum atomic E-state index is 12.0. The van der Waals surface area contributed by atoms with E-state index in [4.69, 9.17) is 9.47 Å². The van der Waals surface area contributed by atoms with Gasteiger partial charge in [0.15, 0.2) is 0 Å². The Bertz CT molecular complexity index is 773. The Hall–Kier alpha value is -2.48. The number of nitrogens with one attached hydrogen (secondary N) is 2. The fourth-order valence-electron chi connectivity index (χ4n) is 2.33. The van der Waals surface area contributed by atoms with Crippen molar-refractivity contribution in [1.29, 1.82) is 0 Å². The number of methoxy groups -OCH3 is 2. The van der Waals surface area contributed by atoms with E-state index >= 15 is 0 Å². The minimum Gasteiger partial charge on any atom is -0.497 e. The van der Waals surface area contributed by atoms with Crippen molar-refractivity contribution in [3.8, 4) is 11.5 Å². The van der Waals surface area contributed by atoms with Gasteiger partial charge in [-0.2, -0.15) is 0 Å². The van der Waals surface area contributed by atoms with E-state index in [1.165, 1.54) is 0 Å². The van der Waals surface area contributed by atoms with Crippen LogP contribution in [-0.4, -0.2) is 30.6 Å². The maximum absolute atomic E-state index is 12.0. The van der Waals surface area contributed by atoms with Crippen LogP contribution in [0.25, 0.3) is 0 Å². The highest BCUT2D eigenvalue weighted by Gasteiger charge is 2.13. The van der Waals surface area contributed by atoms with Crippen LogP contribution < -0.4 is 20.3 Å². The van der Waals surface area contributed by atoms with Crippen molar-refractivity contribution in [3.63, 3.8) is 0 Å². The molecule has 8 heteroatoms. The summed E-state index contributed by atoms with van der Waals surface area (Å²) in [6.07, 6.45) is 2.41. The third kappa shape index (κ3) is 4.99. The molecule has 0 aliphatic rings. The van der Waals surface area contributed by atoms with Crippen molar-refractivity contribution in [2.24, 2.45) is 7.05 Å². The van der Waals surface area contributed by atoms with Crippen molar-refractivity contribution in [1.82, 2.24) is 15.4 Å². The number of hydrazine groups is 1. The molecule has 1 aromatic carbocycles. The molecule has 0 aliphatic carbocycles. The topological polar surface area (TPSA) is 81.6 Å². The van der Waals surface area contributed by atoms with E-state index in [-0.39, 0.29) is 18.2 Å². The number of halogens is 1. The summed E-state index contributed by atoms with van der Waals surface area (Å²) in [6, 6.07) is 7.08. The molecule has 0 saturated heterocycles. The normalized spacial score (nSPS) is 10.2. The van der Waals surface area contributed by atoms with Gasteiger partial charge in [-0.25, -0.2) is 0 Å². The first-order chi connectivity index (χ1) is 11.9. The van der Waals surface area contributed by atoms with Gasteiger partial charge in [0.25, 0.3) is 5.91 Å². The standard InChI is InChI=1S/C17H20BrN3O4/c1-21-10-12(18)9-14(21)17(23)20-19-16(22)7-4-11-8-13(24-2)5-6-15(11)25-3/h5-6,8-10H,4,7H2,1-3H3,(H,19,22)(H,20,23). The van der Waals surface area contributed by atoms with Gasteiger partial charge in [0.1, 0.15) is 17.2 Å². The van der Waals surface area contributed by atoms with Gasteiger partial charge in [-0.1, -0.05) is 0 Å². The van der Waals surface area contributed by atoms with Gasteiger partial charge < -0.3 is 14.0 Å². The fraction of sp³-hybridized carbons (Fsp3) is 0.294. The zero-order chi connectivity index (χ0) is 18.4. The molecule has 0 unspecified atom stereocenters. The van der Waals surface area contributed by atoms with Gasteiger partial charge in [-0.3, -0.25) is 20.4 Å². The van der Waals surface area contributed by atoms with Crippen LogP contribution in [0.1, 0.15) is 22.5 Å². The highest BCUT2D eigenvalue weighted by molar-refractivity contribution is 9.10. The number of carbonyl (C=O) groups excluding carboxylic acids is 2. The third-order valence-electron chi connectivity index (χ3n) is 3.63. The van der Waals surface area contributed by atoms with Gasteiger partial charge >= 0.3 is 0 Å². The minimum absolute atomic E-state index is 0.195. The van der Waals surface area contributed by atoms with E-state index in [0.717, 1.165) is 10.0 Å². The lowest BCUT2D eigenvalue weighted by Gasteiger charge is -2.11. The smallest absolute Gasteiger partial charge is 0.286 e. The zero-order valence-electron chi connectivity index (χ0n) is 14.3. The molecule has 2 aromatic rings. The molecule has 1 aromatic heterocycles. The lowest BCUT2D eigenvalue weighted by molar-refractivity contribution is -0.121. The summed E-state index contributed by atoms with van der Waals surface area (Å²) in [6.45, 7) is 0. The number of aryl methyl sites for hydroxylation is 2. The van der Waals surface area contributed by atoms with Crippen LogP contribution in [0.15, 0.2) is 34.9 Å². The Morgan fingerprint density at radius 1 is 1.16 bits per heavy atom. The summed E-state index contributed by atoms with van der Waals surface area (Å²) >= 11 is 3.30. The lowest BCUT2D eigenvalue weighted by atomic mass is 10.1. The quantitative estimate of drug-likeness (QED) is 0.716. The number of hydrogen-bond donors (Lipinski definition) is 2. The van der Waals surface area contributed by atoms with Crippen LogP contribution in [0.5, 0.6) is 11.5 Å². The summed E-state index contributed by atoms with van der Waals surface area (Å²) in [4.78, 5) is 24.0. The van der Waals surface area contributed by atoms with Crippen LogP contribution in [0.4, 0.5) is 0 Å². The molecule has 2 rings (SSSR count). The van der Waals surface area contributed by atoms with Crippen LogP contribution >= 0.6 is 15.9 Å². The number of ether oxygens (including phenoxy) is 2. The van der Waals surface area contributed by atoms with Crippen LogP contribution in [0.3, 0.4) is 0 Å². The molecule has 0 aliphatic heterocycles. The predicted octanol–water partition coefficient (Wildman–Crippen LogP) is 2.20. The molecule has 0 atom stereocenters. The molecule has 2 amide bonds. The molecule has 0 bridgehead atoms. The molecule has 0 spiro atoms. The van der Waals surface area contributed by atoms with E-state index in [0.29, 0.717) is 23.6 Å². The number of amides is 2. The fourth-order valence-corrected chi connectivity index (χ4v) is 2.85. The van der Waals surface area contributed by atoms with Gasteiger partial charge in [0, 0.05) is 24.1 Å². The first-order valence-corrected chi connectivity index (χ1v) is 8.36. The van der Waals surface area contributed by atoms with Crippen molar-refractivity contribution >= 4 is 27.7 Å². The Kier molecular flexibility index (Phi) is 6.46. The Morgan fingerprint density at radius 2 is 1.92 bits per heavy atom. The molecule has 134 valence electrons. The van der Waals surface area contributed by atoms with Crippen LogP contribution in [0, 0.1) is 0 Å². The molecule has 0 saturated carbocycles. The molecule has 0 radical (unpaired) electrons. The van der Waals surface area contributed by atoms with Gasteiger partial charge in [0.05, 0.1) is 14.2 Å². The molecular formula is C17H20BrN3O4. The number of nitrogens with zero attached hydrogens (tertiary/aromatic N) is 1. The number of rotatable bonds is 6. The number of hydrogen-bond acceptors (Lipinski definition) is 4. The summed E-state index contributed by atoms with van der Waals surface area (Å²) < 4.78 is 12.9. The molecule has 2 N–H and O–H groups in total. The highest BCUT2D eigenvalue weighted by Crippen LogP contribution is 2.25. The zero-order valence-corrected chi connectivity index (χ0v) is 15.8. The van der Waals surface area contributed by atoms with Crippen LogP contribution in [-0.2, 0) is 18.3 Å². The number of aromatic nitrogens is 1. The molecule has 1 heterocycles. The van der Waals surface area contributed by atoms with E-state index in [1.54, 1.807) is 50.2 Å². The monoisotopic (exact) mass is 409 g/mol. The van der Waals surface area contributed by atoms with Gasteiger partial charge in [-0.05, 0) is 52.2 Å². The predicted molar refractivity (Wildman–Crippen MR) is 96.6 cm³/mol. The Morgan fingerprint density at radius 3 is 2.52 bits per heavy atom. The second-order valence-corrected chi connectivity index (χ2v) is 6.25. The largest absolute Gasteiger partial charge is 0.497 e. The van der Waals surface area contributed by atoms with E-state index in [1.807, 2.05) is 6.07 Å². The SMILES string of the molecule is COc1ccc(OC)c(CCC(=O)NNC(=O)c2cc(Br)cn2C)c1. The molecule has 7 nitrogen and oxygen atoms in total. The Labute approximate surface area is 154 Å². The average molecular weight is 410 g/mol. The summed E-state index contributed by atoms with van der Waals surface area (Å²) in [5, 5.41) is 0. The third-order valence-corrected chi connectivity index (χ3v) is 4.06. The highest BCUT2D eigenvalue weighted by atomic mass is 79.9. The molecular weight excluding hydrogens is 390 g/mol. The van der Waals surface area contributed by atoms with E-state index in [2.05, 4.69) is 26.8 Å². The average Bonchev–Trinajstić information content (AvgIpc) is 2.95. The lowest BCUT2D eigenvalue weighted by Crippen LogP contribution is -2.42. The Balaban J connectivity index is 1.89. The number of benzene rings is 1. The van der Waals surface area contributed by atoms with E-state index < -0.39 is 0 Å². The number of carbonyl (C=O) groups is 2. The molecule has 0 fully saturated rings. The second kappa shape index (κ2) is 8.57. The van der Waals surface area contributed by atoms with Gasteiger partial charge in [0.2, 0.25) is 5.91 Å². The first-order valence-electron chi connectivity index (χ1n) is 7.56. The summed E-state index contributed by atoms with van der Waals surface area (Å²) in [5.41, 5.74) is 6.11. The molecule has 25 heavy (non-hydrogen) atoms. The summed E-state index contributed by atoms with van der Waals surface area (Å²) in [7, 11) is 4.90. The van der Waals surface area contributed by atoms with Crippen LogP contribution in [0.2, 0.25) is 0 Å².